The van der Waals surface area contributed by atoms with Crippen LogP contribution in [0.2, 0.25) is 0 Å². The molecule has 1 saturated heterocycles. The molecular weight excluding hydrogens is 320 g/mol. The molecular formula is C19H22N2O4. The second-order valence-corrected chi connectivity index (χ2v) is 5.96. The van der Waals surface area contributed by atoms with Crippen LogP contribution < -0.4 is 10.1 Å². The maximum absolute atomic E-state index is 12.5. The molecule has 132 valence electrons. The van der Waals surface area contributed by atoms with E-state index in [1.807, 2.05) is 31.2 Å². The minimum Gasteiger partial charge on any atom is -0.492 e. The number of hydrogen-bond donors (Lipinski definition) is 1. The van der Waals surface area contributed by atoms with Crippen LogP contribution in [0.3, 0.4) is 0 Å². The molecule has 0 spiro atoms. The Balaban J connectivity index is 1.56. The van der Waals surface area contributed by atoms with Gasteiger partial charge in [-0.2, -0.15) is 0 Å². The van der Waals surface area contributed by atoms with Gasteiger partial charge in [0.2, 0.25) is 5.91 Å². The topological polar surface area (TPSA) is 71.8 Å². The average molecular weight is 342 g/mol. The Kier molecular flexibility index (Phi) is 5.38. The van der Waals surface area contributed by atoms with Crippen molar-refractivity contribution < 1.29 is 18.7 Å². The number of carbonyl (C=O) groups excluding carboxylic acids is 2. The van der Waals surface area contributed by atoms with Crippen molar-refractivity contribution in [2.24, 2.45) is 5.92 Å². The highest BCUT2D eigenvalue weighted by Gasteiger charge is 2.29. The van der Waals surface area contributed by atoms with E-state index < -0.39 is 0 Å². The fourth-order valence-corrected chi connectivity index (χ4v) is 2.99. The molecule has 6 nitrogen and oxygen atoms in total. The summed E-state index contributed by atoms with van der Waals surface area (Å²) in [5, 5.41) is 2.95. The minimum absolute atomic E-state index is 0.0303. The number of rotatable bonds is 5. The fourth-order valence-electron chi connectivity index (χ4n) is 2.99. The maximum atomic E-state index is 12.5. The van der Waals surface area contributed by atoms with Crippen LogP contribution in [0.25, 0.3) is 0 Å². The molecule has 1 aromatic heterocycles. The predicted octanol–water partition coefficient (Wildman–Crippen LogP) is 3.17. The summed E-state index contributed by atoms with van der Waals surface area (Å²) >= 11 is 0. The number of benzene rings is 1. The number of ether oxygens (including phenoxy) is 1. The number of amides is 2. The van der Waals surface area contributed by atoms with Crippen LogP contribution in [0.15, 0.2) is 47.1 Å². The number of anilines is 1. The first-order valence-electron chi connectivity index (χ1n) is 8.54. The summed E-state index contributed by atoms with van der Waals surface area (Å²) in [7, 11) is 0. The second-order valence-electron chi connectivity index (χ2n) is 5.96. The third-order valence-corrected chi connectivity index (χ3v) is 4.33. The number of hydrogen-bond acceptors (Lipinski definition) is 4. The maximum Gasteiger partial charge on any atom is 0.289 e. The standard InChI is InChI=1S/C19H22N2O4/c1-2-24-16-7-4-3-6-15(16)20-18(22)14-9-11-21(12-10-14)19(23)17-8-5-13-25-17/h3-8,13-14H,2,9-12H2,1H3,(H,20,22). The number of furan rings is 1. The van der Waals surface area contributed by atoms with Gasteiger partial charge in [-0.25, -0.2) is 0 Å². The second kappa shape index (κ2) is 7.88. The van der Waals surface area contributed by atoms with Gasteiger partial charge in [0.1, 0.15) is 5.75 Å². The molecule has 1 aliphatic rings. The van der Waals surface area contributed by atoms with Gasteiger partial charge in [-0.3, -0.25) is 9.59 Å². The fraction of sp³-hybridized carbons (Fsp3) is 0.368. The molecule has 25 heavy (non-hydrogen) atoms. The van der Waals surface area contributed by atoms with Gasteiger partial charge in [0, 0.05) is 19.0 Å². The van der Waals surface area contributed by atoms with Gasteiger partial charge in [0.05, 0.1) is 18.6 Å². The molecule has 0 saturated carbocycles. The highest BCUT2D eigenvalue weighted by Crippen LogP contribution is 2.26. The number of nitrogens with zero attached hydrogens (tertiary/aromatic N) is 1. The lowest BCUT2D eigenvalue weighted by atomic mass is 9.95. The van der Waals surface area contributed by atoms with Gasteiger partial charge in [0.15, 0.2) is 5.76 Å². The molecule has 2 heterocycles. The largest absolute Gasteiger partial charge is 0.492 e. The van der Waals surface area contributed by atoms with Gasteiger partial charge in [0.25, 0.3) is 5.91 Å². The lowest BCUT2D eigenvalue weighted by molar-refractivity contribution is -0.121. The molecule has 0 radical (unpaired) electrons. The molecule has 2 aromatic rings. The SMILES string of the molecule is CCOc1ccccc1NC(=O)C1CCN(C(=O)c2ccco2)CC1. The van der Waals surface area contributed by atoms with E-state index in [-0.39, 0.29) is 17.7 Å². The van der Waals surface area contributed by atoms with Crippen molar-refractivity contribution in [2.75, 3.05) is 25.0 Å². The highest BCUT2D eigenvalue weighted by atomic mass is 16.5. The van der Waals surface area contributed by atoms with E-state index in [0.29, 0.717) is 49.7 Å². The van der Waals surface area contributed by atoms with E-state index in [1.165, 1.54) is 6.26 Å². The lowest BCUT2D eigenvalue weighted by Gasteiger charge is -2.30. The van der Waals surface area contributed by atoms with E-state index in [1.54, 1.807) is 17.0 Å². The Morgan fingerprint density at radius 2 is 1.96 bits per heavy atom. The average Bonchev–Trinajstić information content (AvgIpc) is 3.18. The number of nitrogens with one attached hydrogen (secondary N) is 1. The molecule has 1 aliphatic heterocycles. The van der Waals surface area contributed by atoms with Crippen molar-refractivity contribution in [1.82, 2.24) is 4.90 Å². The van der Waals surface area contributed by atoms with Gasteiger partial charge in [-0.05, 0) is 44.0 Å². The Morgan fingerprint density at radius 3 is 2.64 bits per heavy atom. The van der Waals surface area contributed by atoms with Crippen LogP contribution >= 0.6 is 0 Å². The van der Waals surface area contributed by atoms with Gasteiger partial charge in [-0.1, -0.05) is 12.1 Å². The Morgan fingerprint density at radius 1 is 1.20 bits per heavy atom. The van der Waals surface area contributed by atoms with Crippen molar-refractivity contribution in [3.05, 3.63) is 48.4 Å². The first-order chi connectivity index (χ1) is 12.2. The van der Waals surface area contributed by atoms with Gasteiger partial charge < -0.3 is 19.4 Å². The number of piperidine rings is 1. The van der Waals surface area contributed by atoms with E-state index in [2.05, 4.69) is 5.32 Å². The van der Waals surface area contributed by atoms with E-state index in [9.17, 15) is 9.59 Å². The monoisotopic (exact) mass is 342 g/mol. The molecule has 1 N–H and O–H groups in total. The minimum atomic E-state index is -0.120. The molecule has 6 heteroatoms. The number of para-hydroxylation sites is 2. The Labute approximate surface area is 146 Å². The summed E-state index contributed by atoms with van der Waals surface area (Å²) in [6.45, 7) is 3.54. The van der Waals surface area contributed by atoms with Crippen molar-refractivity contribution in [3.8, 4) is 5.75 Å². The summed E-state index contributed by atoms with van der Waals surface area (Å²) in [6.07, 6.45) is 2.76. The van der Waals surface area contributed by atoms with Crippen molar-refractivity contribution in [2.45, 2.75) is 19.8 Å². The highest BCUT2D eigenvalue weighted by molar-refractivity contribution is 5.95. The third kappa shape index (κ3) is 4.02. The first-order valence-corrected chi connectivity index (χ1v) is 8.54. The van der Waals surface area contributed by atoms with Crippen LogP contribution in [-0.2, 0) is 4.79 Å². The molecule has 0 bridgehead atoms. The van der Waals surface area contributed by atoms with Crippen molar-refractivity contribution in [3.63, 3.8) is 0 Å². The molecule has 1 fully saturated rings. The summed E-state index contributed by atoms with van der Waals surface area (Å²) in [5.41, 5.74) is 0.684. The van der Waals surface area contributed by atoms with Crippen LogP contribution in [0.4, 0.5) is 5.69 Å². The van der Waals surface area contributed by atoms with Crippen LogP contribution in [0, 0.1) is 5.92 Å². The number of carbonyl (C=O) groups is 2. The molecule has 0 unspecified atom stereocenters. The van der Waals surface area contributed by atoms with Crippen molar-refractivity contribution in [1.29, 1.82) is 0 Å². The van der Waals surface area contributed by atoms with Crippen LogP contribution in [0.1, 0.15) is 30.3 Å². The third-order valence-electron chi connectivity index (χ3n) is 4.33. The smallest absolute Gasteiger partial charge is 0.289 e. The molecule has 0 atom stereocenters. The zero-order valence-corrected chi connectivity index (χ0v) is 14.2. The normalized spacial score (nSPS) is 15.0. The van der Waals surface area contributed by atoms with E-state index in [0.717, 1.165) is 0 Å². The van der Waals surface area contributed by atoms with Crippen molar-refractivity contribution >= 4 is 17.5 Å². The Bertz CT molecular complexity index is 719. The molecule has 2 amide bonds. The van der Waals surface area contributed by atoms with Crippen LogP contribution in [-0.4, -0.2) is 36.4 Å². The lowest BCUT2D eigenvalue weighted by Crippen LogP contribution is -2.41. The summed E-state index contributed by atoms with van der Waals surface area (Å²) in [6, 6.07) is 10.8. The summed E-state index contributed by atoms with van der Waals surface area (Å²) in [4.78, 5) is 26.5. The van der Waals surface area contributed by atoms with E-state index >= 15 is 0 Å². The zero-order valence-electron chi connectivity index (χ0n) is 14.2. The molecule has 1 aromatic carbocycles. The number of likely N-dealkylation sites (tertiary alicyclic amines) is 1. The first kappa shape index (κ1) is 17.1. The Hall–Kier alpha value is -2.76. The zero-order chi connectivity index (χ0) is 17.6. The summed E-state index contributed by atoms with van der Waals surface area (Å²) < 4.78 is 10.7. The van der Waals surface area contributed by atoms with Gasteiger partial charge in [-0.15, -0.1) is 0 Å². The predicted molar refractivity (Wildman–Crippen MR) is 93.6 cm³/mol. The van der Waals surface area contributed by atoms with E-state index in [4.69, 9.17) is 9.15 Å². The quantitative estimate of drug-likeness (QED) is 0.906. The van der Waals surface area contributed by atoms with Crippen LogP contribution in [0.5, 0.6) is 5.75 Å². The summed E-state index contributed by atoms with van der Waals surface area (Å²) in [5.74, 6) is 0.746. The van der Waals surface area contributed by atoms with Gasteiger partial charge >= 0.3 is 0 Å². The molecule has 0 aliphatic carbocycles. The molecule has 3 rings (SSSR count).